The Labute approximate surface area is 189 Å². The van der Waals surface area contributed by atoms with Crippen LogP contribution < -0.4 is 4.90 Å². The lowest BCUT2D eigenvalue weighted by Gasteiger charge is -2.24. The van der Waals surface area contributed by atoms with Gasteiger partial charge in [-0.2, -0.15) is 0 Å². The van der Waals surface area contributed by atoms with Gasteiger partial charge in [0.1, 0.15) is 16.6 Å². The summed E-state index contributed by atoms with van der Waals surface area (Å²) in [6.07, 6.45) is 0. The molecule has 1 aromatic heterocycles. The number of aryl methyl sites for hydroxylation is 1. The van der Waals surface area contributed by atoms with Gasteiger partial charge in [0.25, 0.3) is 5.78 Å². The second-order valence-electron chi connectivity index (χ2n) is 8.65. The zero-order chi connectivity index (χ0) is 23.2. The average Bonchev–Trinajstić information content (AvgIpc) is 3.28. The molecule has 0 saturated carbocycles. The van der Waals surface area contributed by atoms with Crippen LogP contribution in [-0.2, 0) is 15.0 Å². The van der Waals surface area contributed by atoms with Crippen molar-refractivity contribution in [2.75, 3.05) is 4.90 Å². The third kappa shape index (κ3) is 3.82. The number of carbonyl (C=O) groups excluding carboxylic acids is 2. The van der Waals surface area contributed by atoms with E-state index in [2.05, 4.69) is 31.0 Å². The van der Waals surface area contributed by atoms with Crippen molar-refractivity contribution in [3.8, 4) is 0 Å². The molecule has 3 aromatic rings. The maximum atomic E-state index is 13.4. The molecule has 2 heterocycles. The quantitative estimate of drug-likeness (QED) is 0.348. The summed E-state index contributed by atoms with van der Waals surface area (Å²) >= 11 is 1.18. The van der Waals surface area contributed by atoms with E-state index in [-0.39, 0.29) is 27.4 Å². The molecule has 4 rings (SSSR count). The van der Waals surface area contributed by atoms with Crippen molar-refractivity contribution in [3.05, 3.63) is 81.6 Å². The largest absolute Gasteiger partial charge is 0.507 e. The van der Waals surface area contributed by atoms with Crippen molar-refractivity contribution in [1.82, 2.24) is 10.2 Å². The first-order valence-corrected chi connectivity index (χ1v) is 10.9. The van der Waals surface area contributed by atoms with Crippen LogP contribution in [0.1, 0.15) is 48.5 Å². The number of amides is 1. The highest BCUT2D eigenvalue weighted by molar-refractivity contribution is 7.15. The standard InChI is InChI=1S/C24H22FN3O3S/c1-13-26-27-23(32-13)28-19(14-5-9-16(10-6-14)24(2,3)4)18(21(30)22(28)31)20(29)15-7-11-17(25)12-8-15/h5-12,19,29H,1-4H3. The number of nitrogens with zero attached hydrogens (tertiary/aromatic N) is 3. The Morgan fingerprint density at radius 1 is 1.03 bits per heavy atom. The molecule has 8 heteroatoms. The molecular formula is C24H22FN3O3S. The molecule has 1 amide bonds. The Bertz CT molecular complexity index is 1220. The summed E-state index contributed by atoms with van der Waals surface area (Å²) in [5, 5.41) is 20.0. The SMILES string of the molecule is Cc1nnc(N2C(=O)C(=O)C(=C(O)c3ccc(F)cc3)C2c2ccc(C(C)(C)C)cc2)s1. The van der Waals surface area contributed by atoms with Gasteiger partial charge in [-0.25, -0.2) is 4.39 Å². The third-order valence-corrected chi connectivity index (χ3v) is 6.21. The Morgan fingerprint density at radius 2 is 1.66 bits per heavy atom. The molecule has 6 nitrogen and oxygen atoms in total. The van der Waals surface area contributed by atoms with E-state index in [1.807, 2.05) is 24.3 Å². The Kier molecular flexibility index (Phi) is 5.42. The smallest absolute Gasteiger partial charge is 0.301 e. The number of hydrogen-bond acceptors (Lipinski definition) is 6. The van der Waals surface area contributed by atoms with Gasteiger partial charge >= 0.3 is 5.91 Å². The zero-order valence-corrected chi connectivity index (χ0v) is 18.9. The van der Waals surface area contributed by atoms with E-state index in [0.717, 1.165) is 5.56 Å². The molecule has 164 valence electrons. The molecule has 0 bridgehead atoms. The van der Waals surface area contributed by atoms with Crippen molar-refractivity contribution in [2.24, 2.45) is 0 Å². The zero-order valence-electron chi connectivity index (χ0n) is 18.1. The molecule has 1 saturated heterocycles. The monoisotopic (exact) mass is 451 g/mol. The first-order valence-electron chi connectivity index (χ1n) is 10.1. The number of benzene rings is 2. The Balaban J connectivity index is 1.91. The van der Waals surface area contributed by atoms with E-state index in [1.165, 1.54) is 40.5 Å². The van der Waals surface area contributed by atoms with Gasteiger partial charge in [0.15, 0.2) is 0 Å². The van der Waals surface area contributed by atoms with Crippen LogP contribution in [0.2, 0.25) is 0 Å². The topological polar surface area (TPSA) is 83.4 Å². The number of hydrogen-bond donors (Lipinski definition) is 1. The van der Waals surface area contributed by atoms with Gasteiger partial charge in [0.2, 0.25) is 5.13 Å². The van der Waals surface area contributed by atoms with Crippen molar-refractivity contribution in [2.45, 2.75) is 39.2 Å². The highest BCUT2D eigenvalue weighted by Crippen LogP contribution is 2.43. The maximum absolute atomic E-state index is 13.4. The number of ketones is 1. The van der Waals surface area contributed by atoms with Crippen LogP contribution in [0.3, 0.4) is 0 Å². The predicted molar refractivity (Wildman–Crippen MR) is 121 cm³/mol. The summed E-state index contributed by atoms with van der Waals surface area (Å²) in [5.74, 6) is -2.46. The lowest BCUT2D eigenvalue weighted by molar-refractivity contribution is -0.132. The highest BCUT2D eigenvalue weighted by Gasteiger charge is 2.48. The molecule has 1 atom stereocenters. The van der Waals surface area contributed by atoms with Crippen LogP contribution in [0.5, 0.6) is 0 Å². The summed E-state index contributed by atoms with van der Waals surface area (Å²) in [5.41, 5.74) is 1.83. The summed E-state index contributed by atoms with van der Waals surface area (Å²) in [7, 11) is 0. The minimum Gasteiger partial charge on any atom is -0.507 e. The number of anilines is 1. The van der Waals surface area contributed by atoms with Crippen LogP contribution in [0.15, 0.2) is 54.1 Å². The Morgan fingerprint density at radius 3 is 2.19 bits per heavy atom. The molecule has 1 aliphatic heterocycles. The molecule has 0 spiro atoms. The fourth-order valence-electron chi connectivity index (χ4n) is 3.66. The average molecular weight is 452 g/mol. The van der Waals surface area contributed by atoms with E-state index in [1.54, 1.807) is 6.92 Å². The number of carbonyl (C=O) groups is 2. The van der Waals surface area contributed by atoms with E-state index in [0.29, 0.717) is 10.6 Å². The summed E-state index contributed by atoms with van der Waals surface area (Å²) in [6.45, 7) is 8.02. The summed E-state index contributed by atoms with van der Waals surface area (Å²) < 4.78 is 13.4. The lowest BCUT2D eigenvalue weighted by Crippen LogP contribution is -2.29. The van der Waals surface area contributed by atoms with Crippen LogP contribution in [0, 0.1) is 12.7 Å². The van der Waals surface area contributed by atoms with Crippen LogP contribution >= 0.6 is 11.3 Å². The molecular weight excluding hydrogens is 429 g/mol. The molecule has 1 unspecified atom stereocenters. The summed E-state index contributed by atoms with van der Waals surface area (Å²) in [6, 6.07) is 11.8. The number of aliphatic hydroxyl groups excluding tert-OH is 1. The third-order valence-electron chi connectivity index (χ3n) is 5.38. The molecule has 0 aliphatic carbocycles. The van der Waals surface area contributed by atoms with Crippen molar-refractivity contribution in [3.63, 3.8) is 0 Å². The second-order valence-corrected chi connectivity index (χ2v) is 9.81. The second kappa shape index (κ2) is 7.94. The summed E-state index contributed by atoms with van der Waals surface area (Å²) in [4.78, 5) is 27.4. The Hall–Kier alpha value is -3.39. The van der Waals surface area contributed by atoms with Crippen LogP contribution in [-0.4, -0.2) is 27.0 Å². The number of halogens is 1. The van der Waals surface area contributed by atoms with E-state index < -0.39 is 23.5 Å². The van der Waals surface area contributed by atoms with Crippen molar-refractivity contribution < 1.29 is 19.1 Å². The number of aromatic nitrogens is 2. The molecule has 2 aromatic carbocycles. The van der Waals surface area contributed by atoms with E-state index >= 15 is 0 Å². The molecule has 32 heavy (non-hydrogen) atoms. The number of Topliss-reactive ketones (excluding diaryl/α,β-unsaturated/α-hetero) is 1. The minimum absolute atomic E-state index is 0.0713. The fourth-order valence-corrected chi connectivity index (χ4v) is 4.37. The first-order chi connectivity index (χ1) is 15.1. The molecule has 0 radical (unpaired) electrons. The normalized spacial score (nSPS) is 18.4. The van der Waals surface area contributed by atoms with Gasteiger partial charge in [-0.1, -0.05) is 56.4 Å². The van der Waals surface area contributed by atoms with Gasteiger partial charge in [0, 0.05) is 5.56 Å². The van der Waals surface area contributed by atoms with Gasteiger partial charge in [0.05, 0.1) is 11.6 Å². The van der Waals surface area contributed by atoms with Gasteiger partial charge in [-0.05, 0) is 47.7 Å². The van der Waals surface area contributed by atoms with Crippen molar-refractivity contribution >= 4 is 33.9 Å². The molecule has 1 fully saturated rings. The van der Waals surface area contributed by atoms with E-state index in [4.69, 9.17) is 0 Å². The van der Waals surface area contributed by atoms with Crippen LogP contribution in [0.4, 0.5) is 9.52 Å². The first kappa shape index (κ1) is 21.8. The number of rotatable bonds is 3. The van der Waals surface area contributed by atoms with Gasteiger partial charge < -0.3 is 5.11 Å². The highest BCUT2D eigenvalue weighted by atomic mass is 32.1. The maximum Gasteiger partial charge on any atom is 0.301 e. The molecule has 1 aliphatic rings. The lowest BCUT2D eigenvalue weighted by atomic mass is 9.85. The minimum atomic E-state index is -0.888. The van der Waals surface area contributed by atoms with Gasteiger partial charge in [-0.15, -0.1) is 10.2 Å². The molecule has 1 N–H and O–H groups in total. The van der Waals surface area contributed by atoms with Crippen LogP contribution in [0.25, 0.3) is 5.76 Å². The number of aliphatic hydroxyl groups is 1. The van der Waals surface area contributed by atoms with Gasteiger partial charge in [-0.3, -0.25) is 14.5 Å². The fraction of sp³-hybridized carbons (Fsp3) is 0.250. The van der Waals surface area contributed by atoms with Crippen molar-refractivity contribution in [1.29, 1.82) is 0 Å². The van der Waals surface area contributed by atoms with E-state index in [9.17, 15) is 19.1 Å². The predicted octanol–water partition coefficient (Wildman–Crippen LogP) is 4.91.